The zero-order valence-corrected chi connectivity index (χ0v) is 14.7. The first-order valence-electron chi connectivity index (χ1n) is 7.94. The lowest BCUT2D eigenvalue weighted by Crippen LogP contribution is -2.41. The molecule has 0 atom stereocenters. The van der Waals surface area contributed by atoms with Crippen LogP contribution in [0.3, 0.4) is 0 Å². The summed E-state index contributed by atoms with van der Waals surface area (Å²) < 4.78 is 14.3. The van der Waals surface area contributed by atoms with Gasteiger partial charge in [0.05, 0.1) is 5.69 Å². The van der Waals surface area contributed by atoms with Crippen molar-refractivity contribution < 1.29 is 9.18 Å². The first kappa shape index (κ1) is 17.7. The molecule has 1 amide bonds. The Morgan fingerprint density at radius 3 is 2.43 bits per heavy atom. The fourth-order valence-corrected chi connectivity index (χ4v) is 2.64. The molecule has 126 valence electrons. The third-order valence-corrected chi connectivity index (χ3v) is 4.01. The maximum Gasteiger partial charge on any atom is 0.231 e. The molecule has 0 bridgehead atoms. The predicted molar refractivity (Wildman–Crippen MR) is 96.3 cm³/mol. The molecule has 23 heavy (non-hydrogen) atoms. The van der Waals surface area contributed by atoms with E-state index in [0.717, 1.165) is 25.9 Å². The molecule has 1 aromatic rings. The van der Waals surface area contributed by atoms with Crippen molar-refractivity contribution in [1.29, 1.82) is 0 Å². The minimum atomic E-state index is -0.533. The van der Waals surface area contributed by atoms with Crippen LogP contribution < -0.4 is 15.5 Å². The van der Waals surface area contributed by atoms with Crippen LogP contribution in [0.25, 0.3) is 0 Å². The number of anilines is 2. The second-order valence-corrected chi connectivity index (χ2v) is 7.28. The molecule has 1 heterocycles. The fraction of sp³-hybridized carbons (Fsp3) is 0.529. The van der Waals surface area contributed by atoms with Crippen LogP contribution >= 0.6 is 12.2 Å². The van der Waals surface area contributed by atoms with Crippen molar-refractivity contribution in [3.05, 3.63) is 24.0 Å². The monoisotopic (exact) mass is 337 g/mol. The number of piperidine rings is 1. The van der Waals surface area contributed by atoms with Gasteiger partial charge in [-0.2, -0.15) is 0 Å². The lowest BCUT2D eigenvalue weighted by atomic mass is 9.96. The molecule has 4 nitrogen and oxygen atoms in total. The van der Waals surface area contributed by atoms with E-state index in [0.29, 0.717) is 11.4 Å². The van der Waals surface area contributed by atoms with Crippen LogP contribution in [0.2, 0.25) is 0 Å². The SMILES string of the molecule is CC(C)(C)C(=O)NC(=S)Nc1ccc(N2CCCCC2)c(F)c1. The summed E-state index contributed by atoms with van der Waals surface area (Å²) >= 11 is 5.11. The second kappa shape index (κ2) is 7.25. The first-order valence-corrected chi connectivity index (χ1v) is 8.35. The third kappa shape index (κ3) is 4.89. The Morgan fingerprint density at radius 2 is 1.87 bits per heavy atom. The van der Waals surface area contributed by atoms with E-state index < -0.39 is 5.41 Å². The lowest BCUT2D eigenvalue weighted by molar-refractivity contribution is -0.126. The Hall–Kier alpha value is -1.69. The van der Waals surface area contributed by atoms with E-state index in [4.69, 9.17) is 12.2 Å². The van der Waals surface area contributed by atoms with Crippen molar-refractivity contribution in [3.63, 3.8) is 0 Å². The zero-order chi connectivity index (χ0) is 17.0. The molecule has 1 fully saturated rings. The molecule has 0 saturated carbocycles. The van der Waals surface area contributed by atoms with Crippen molar-refractivity contribution >= 4 is 34.6 Å². The first-order chi connectivity index (χ1) is 10.8. The molecule has 0 unspecified atom stereocenters. The highest BCUT2D eigenvalue weighted by molar-refractivity contribution is 7.80. The highest BCUT2D eigenvalue weighted by Crippen LogP contribution is 2.25. The smallest absolute Gasteiger partial charge is 0.231 e. The molecule has 0 radical (unpaired) electrons. The molecule has 1 aromatic carbocycles. The third-order valence-electron chi connectivity index (χ3n) is 3.81. The summed E-state index contributed by atoms with van der Waals surface area (Å²) in [4.78, 5) is 13.9. The molecular formula is C17H24FN3OS. The van der Waals surface area contributed by atoms with Crippen LogP contribution in [-0.4, -0.2) is 24.1 Å². The number of benzene rings is 1. The summed E-state index contributed by atoms with van der Waals surface area (Å²) in [5.41, 5.74) is 0.622. The van der Waals surface area contributed by atoms with Gasteiger partial charge in [-0.25, -0.2) is 4.39 Å². The van der Waals surface area contributed by atoms with Gasteiger partial charge >= 0.3 is 0 Å². The Kier molecular flexibility index (Phi) is 5.57. The molecule has 0 spiro atoms. The summed E-state index contributed by atoms with van der Waals surface area (Å²) in [5, 5.41) is 5.65. The maximum absolute atomic E-state index is 14.3. The van der Waals surface area contributed by atoms with Crippen molar-refractivity contribution in [2.24, 2.45) is 5.41 Å². The average molecular weight is 337 g/mol. The summed E-state index contributed by atoms with van der Waals surface area (Å²) in [5.74, 6) is -0.456. The molecule has 0 aliphatic carbocycles. The number of hydrogen-bond acceptors (Lipinski definition) is 3. The van der Waals surface area contributed by atoms with Crippen molar-refractivity contribution in [2.75, 3.05) is 23.3 Å². The molecule has 0 aromatic heterocycles. The van der Waals surface area contributed by atoms with E-state index in [1.807, 2.05) is 0 Å². The molecule has 2 N–H and O–H groups in total. The van der Waals surface area contributed by atoms with Crippen molar-refractivity contribution in [1.82, 2.24) is 5.32 Å². The van der Waals surface area contributed by atoms with E-state index >= 15 is 0 Å². The van der Waals surface area contributed by atoms with E-state index in [1.54, 1.807) is 32.9 Å². The van der Waals surface area contributed by atoms with E-state index in [2.05, 4.69) is 15.5 Å². The van der Waals surface area contributed by atoms with Crippen LogP contribution in [0.5, 0.6) is 0 Å². The predicted octanol–water partition coefficient (Wildman–Crippen LogP) is 3.68. The van der Waals surface area contributed by atoms with Crippen LogP contribution in [0.4, 0.5) is 15.8 Å². The highest BCUT2D eigenvalue weighted by Gasteiger charge is 2.22. The maximum atomic E-state index is 14.3. The van der Waals surface area contributed by atoms with Crippen LogP contribution in [0.15, 0.2) is 18.2 Å². The largest absolute Gasteiger partial charge is 0.369 e. The number of hydrogen-bond donors (Lipinski definition) is 2. The minimum absolute atomic E-state index is 0.176. The average Bonchev–Trinajstić information content (AvgIpc) is 2.47. The summed E-state index contributed by atoms with van der Waals surface area (Å²) in [6.07, 6.45) is 3.41. The van der Waals surface area contributed by atoms with Gasteiger partial charge in [-0.05, 0) is 49.7 Å². The van der Waals surface area contributed by atoms with Gasteiger partial charge < -0.3 is 15.5 Å². The van der Waals surface area contributed by atoms with E-state index in [1.165, 1.54) is 12.5 Å². The second-order valence-electron chi connectivity index (χ2n) is 6.87. The number of rotatable bonds is 2. The Balaban J connectivity index is 2.00. The van der Waals surface area contributed by atoms with Crippen LogP contribution in [-0.2, 0) is 4.79 Å². The van der Waals surface area contributed by atoms with Gasteiger partial charge in [-0.3, -0.25) is 4.79 Å². The Bertz CT molecular complexity index is 592. The van der Waals surface area contributed by atoms with Gasteiger partial charge in [-0.15, -0.1) is 0 Å². The summed E-state index contributed by atoms with van der Waals surface area (Å²) in [6.45, 7) is 7.20. The Morgan fingerprint density at radius 1 is 1.22 bits per heavy atom. The van der Waals surface area contributed by atoms with Crippen LogP contribution in [0, 0.1) is 11.2 Å². The minimum Gasteiger partial charge on any atom is -0.369 e. The molecule has 2 rings (SSSR count). The number of nitrogens with zero attached hydrogens (tertiary/aromatic N) is 1. The number of thiocarbonyl (C=S) groups is 1. The molecule has 1 aliphatic heterocycles. The standard InChI is InChI=1S/C17H24FN3OS/c1-17(2,3)15(22)20-16(23)19-12-7-8-14(13(18)11-12)21-9-5-4-6-10-21/h7-8,11H,4-6,9-10H2,1-3H3,(H2,19,20,22,23). The van der Waals surface area contributed by atoms with Gasteiger partial charge in [0.1, 0.15) is 5.82 Å². The van der Waals surface area contributed by atoms with E-state index in [-0.39, 0.29) is 16.8 Å². The van der Waals surface area contributed by atoms with E-state index in [9.17, 15) is 9.18 Å². The van der Waals surface area contributed by atoms with Crippen molar-refractivity contribution in [2.45, 2.75) is 40.0 Å². The van der Waals surface area contributed by atoms with Gasteiger partial charge in [-0.1, -0.05) is 20.8 Å². The lowest BCUT2D eigenvalue weighted by Gasteiger charge is -2.29. The number of carbonyl (C=O) groups excluding carboxylic acids is 1. The van der Waals surface area contributed by atoms with Gasteiger partial charge in [0, 0.05) is 24.2 Å². The fourth-order valence-electron chi connectivity index (χ4n) is 2.43. The van der Waals surface area contributed by atoms with Gasteiger partial charge in [0.2, 0.25) is 5.91 Å². The Labute approximate surface area is 142 Å². The molecular weight excluding hydrogens is 313 g/mol. The molecule has 1 saturated heterocycles. The summed E-state index contributed by atoms with van der Waals surface area (Å²) in [7, 11) is 0. The van der Waals surface area contributed by atoms with Gasteiger partial charge in [0.15, 0.2) is 5.11 Å². The quantitative estimate of drug-likeness (QED) is 0.808. The number of halogens is 1. The molecule has 1 aliphatic rings. The van der Waals surface area contributed by atoms with Crippen LogP contribution in [0.1, 0.15) is 40.0 Å². The topological polar surface area (TPSA) is 44.4 Å². The van der Waals surface area contributed by atoms with Gasteiger partial charge in [0.25, 0.3) is 0 Å². The number of amides is 1. The zero-order valence-electron chi connectivity index (χ0n) is 13.9. The normalized spacial score (nSPS) is 15.2. The highest BCUT2D eigenvalue weighted by atomic mass is 32.1. The summed E-state index contributed by atoms with van der Waals surface area (Å²) in [6, 6.07) is 4.96. The van der Waals surface area contributed by atoms with Crippen molar-refractivity contribution in [3.8, 4) is 0 Å². The number of carbonyl (C=O) groups is 1. The molecule has 6 heteroatoms. The number of nitrogens with one attached hydrogen (secondary N) is 2.